The van der Waals surface area contributed by atoms with Gasteiger partial charge in [0, 0.05) is 0 Å². The van der Waals surface area contributed by atoms with Gasteiger partial charge in [-0.25, -0.2) is 0 Å². The fourth-order valence-electron chi connectivity index (χ4n) is 0.167. The fraction of sp³-hybridized carbons (Fsp3) is 1.00. The summed E-state index contributed by atoms with van der Waals surface area (Å²) in [6.45, 7) is 9.06. The molecule has 0 aromatic rings. The normalized spacial score (nSPS) is 12.2. The van der Waals surface area contributed by atoms with Crippen LogP contribution in [0.1, 0.15) is 27.7 Å². The van der Waals surface area contributed by atoms with Gasteiger partial charge in [-0.2, -0.15) is 0 Å². The van der Waals surface area contributed by atoms with Crippen LogP contribution in [0.15, 0.2) is 0 Å². The molecule has 0 saturated heterocycles. The zero-order chi connectivity index (χ0) is 6.78. The Bertz CT molecular complexity index is 68.9. The SMILES string of the molecule is CC(C)[C](C)(C)[Hf][NH2]. The van der Waals surface area contributed by atoms with Crippen molar-refractivity contribution < 1.29 is 23.2 Å². The Labute approximate surface area is 63.8 Å². The maximum atomic E-state index is 5.70. The second-order valence-corrected chi connectivity index (χ2v) is 8.69. The van der Waals surface area contributed by atoms with E-state index >= 15 is 0 Å². The second-order valence-electron chi connectivity index (χ2n) is 3.02. The van der Waals surface area contributed by atoms with Crippen LogP contribution < -0.4 is 3.72 Å². The molecular formula is C6H15HfN. The molecule has 0 spiro atoms. The van der Waals surface area contributed by atoms with E-state index in [1.807, 2.05) is 0 Å². The second kappa shape index (κ2) is 3.11. The zero-order valence-electron chi connectivity index (χ0n) is 6.15. The van der Waals surface area contributed by atoms with Gasteiger partial charge in [0.05, 0.1) is 0 Å². The van der Waals surface area contributed by atoms with Crippen molar-refractivity contribution in [1.82, 2.24) is 0 Å². The van der Waals surface area contributed by atoms with Gasteiger partial charge in [0.2, 0.25) is 0 Å². The number of nitrogens with two attached hydrogens (primary N) is 1. The first kappa shape index (κ1) is 8.83. The van der Waals surface area contributed by atoms with Crippen molar-refractivity contribution in [3.05, 3.63) is 0 Å². The molecule has 0 saturated carbocycles. The van der Waals surface area contributed by atoms with Crippen molar-refractivity contribution in [2.75, 3.05) is 0 Å². The monoisotopic (exact) mass is 281 g/mol. The first-order valence-electron chi connectivity index (χ1n) is 2.98. The summed E-state index contributed by atoms with van der Waals surface area (Å²) in [6, 6.07) is 0. The van der Waals surface area contributed by atoms with E-state index in [1.54, 1.807) is 0 Å². The predicted octanol–water partition coefficient (Wildman–Crippen LogP) is 1.80. The van der Waals surface area contributed by atoms with Crippen molar-refractivity contribution in [1.29, 1.82) is 0 Å². The molecule has 0 aliphatic rings. The average molecular weight is 280 g/mol. The molecule has 0 bridgehead atoms. The molecule has 0 heterocycles. The summed E-state index contributed by atoms with van der Waals surface area (Å²) < 4.78 is 6.22. The molecule has 2 heteroatoms. The van der Waals surface area contributed by atoms with Crippen molar-refractivity contribution in [2.45, 2.75) is 30.9 Å². The number of hydrogen-bond acceptors (Lipinski definition) is 1. The van der Waals surface area contributed by atoms with E-state index in [-0.39, 0.29) is 0 Å². The van der Waals surface area contributed by atoms with Gasteiger partial charge < -0.3 is 0 Å². The Balaban J connectivity index is 3.71. The molecule has 0 aromatic carbocycles. The topological polar surface area (TPSA) is 26.0 Å². The third-order valence-electron chi connectivity index (χ3n) is 1.82. The van der Waals surface area contributed by atoms with Crippen molar-refractivity contribution in [3.8, 4) is 0 Å². The van der Waals surface area contributed by atoms with Gasteiger partial charge in [-0.1, -0.05) is 0 Å². The number of rotatable bonds is 2. The summed E-state index contributed by atoms with van der Waals surface area (Å²) in [5.41, 5.74) is 0. The quantitative estimate of drug-likeness (QED) is 0.767. The molecule has 0 atom stereocenters. The molecular weight excluding hydrogens is 265 g/mol. The Morgan fingerprint density at radius 1 is 1.38 bits per heavy atom. The summed E-state index contributed by atoms with van der Waals surface area (Å²) in [5, 5.41) is 0. The van der Waals surface area contributed by atoms with Gasteiger partial charge in [-0.3, -0.25) is 0 Å². The molecule has 0 aliphatic carbocycles. The molecule has 2 N–H and O–H groups in total. The van der Waals surface area contributed by atoms with Crippen molar-refractivity contribution >= 4 is 0 Å². The van der Waals surface area contributed by atoms with Crippen LogP contribution in [-0.4, -0.2) is 0 Å². The van der Waals surface area contributed by atoms with Crippen molar-refractivity contribution in [2.24, 2.45) is 9.64 Å². The predicted molar refractivity (Wildman–Crippen MR) is 33.1 cm³/mol. The first-order valence-corrected chi connectivity index (χ1v) is 6.85. The molecule has 1 nitrogen and oxygen atoms in total. The van der Waals surface area contributed by atoms with E-state index in [1.165, 1.54) is 0 Å². The van der Waals surface area contributed by atoms with Crippen LogP contribution in [-0.2, 0) is 23.2 Å². The fourth-order valence-corrected chi connectivity index (χ4v) is 1.36. The van der Waals surface area contributed by atoms with E-state index in [0.717, 1.165) is 5.92 Å². The third-order valence-corrected chi connectivity index (χ3v) is 6.56. The summed E-state index contributed by atoms with van der Waals surface area (Å²) >= 11 is -0.741. The molecule has 0 amide bonds. The van der Waals surface area contributed by atoms with Gasteiger partial charge in [-0.05, 0) is 0 Å². The summed E-state index contributed by atoms with van der Waals surface area (Å²) in [4.78, 5) is 0. The van der Waals surface area contributed by atoms with E-state index in [2.05, 4.69) is 27.7 Å². The Hall–Kier alpha value is 0.830. The van der Waals surface area contributed by atoms with Crippen molar-refractivity contribution in [3.63, 3.8) is 0 Å². The number of hydrogen-bond donors (Lipinski definition) is 1. The van der Waals surface area contributed by atoms with Crippen LogP contribution in [0.3, 0.4) is 0 Å². The van der Waals surface area contributed by atoms with Crippen LogP contribution in [0, 0.1) is 5.92 Å². The third kappa shape index (κ3) is 2.40. The van der Waals surface area contributed by atoms with Gasteiger partial charge in [0.25, 0.3) is 0 Å². The van der Waals surface area contributed by atoms with Gasteiger partial charge in [-0.15, -0.1) is 0 Å². The summed E-state index contributed by atoms with van der Waals surface area (Å²) in [6.07, 6.45) is 0. The average Bonchev–Trinajstić information content (AvgIpc) is 1.67. The van der Waals surface area contributed by atoms with Crippen LogP contribution in [0.2, 0.25) is 3.17 Å². The summed E-state index contributed by atoms with van der Waals surface area (Å²) in [7, 11) is 0. The van der Waals surface area contributed by atoms with Gasteiger partial charge >= 0.3 is 63.7 Å². The maximum absolute atomic E-state index is 5.70. The van der Waals surface area contributed by atoms with Crippen LogP contribution in [0.25, 0.3) is 0 Å². The van der Waals surface area contributed by atoms with Gasteiger partial charge in [0.1, 0.15) is 0 Å². The zero-order valence-corrected chi connectivity index (χ0v) is 9.75. The summed E-state index contributed by atoms with van der Waals surface area (Å²) in [5.74, 6) is 0.774. The van der Waals surface area contributed by atoms with Crippen LogP contribution in [0.4, 0.5) is 0 Å². The molecule has 48 valence electrons. The Kier molecular flexibility index (Phi) is 3.44. The standard InChI is InChI=1S/C6H13.Hf.H2N/c1-5(2)6(3)4;;/h5H,1-4H3;;1H2/q;+1;-1. The van der Waals surface area contributed by atoms with Crippen LogP contribution in [0.5, 0.6) is 0 Å². The molecule has 8 heavy (non-hydrogen) atoms. The Morgan fingerprint density at radius 2 is 1.75 bits per heavy atom. The van der Waals surface area contributed by atoms with E-state index in [4.69, 9.17) is 3.72 Å². The molecule has 0 fully saturated rings. The molecule has 0 rings (SSSR count). The van der Waals surface area contributed by atoms with E-state index < -0.39 is 23.2 Å². The van der Waals surface area contributed by atoms with E-state index in [9.17, 15) is 0 Å². The van der Waals surface area contributed by atoms with E-state index in [0.29, 0.717) is 3.17 Å². The minimum atomic E-state index is -0.741. The molecule has 0 radical (unpaired) electrons. The molecule has 0 unspecified atom stereocenters. The molecule has 0 aromatic heterocycles. The minimum absolute atomic E-state index is 0.514. The Morgan fingerprint density at radius 3 is 1.75 bits per heavy atom. The van der Waals surface area contributed by atoms with Gasteiger partial charge in [0.15, 0.2) is 0 Å². The first-order chi connectivity index (χ1) is 3.50. The molecule has 0 aliphatic heterocycles. The van der Waals surface area contributed by atoms with Crippen LogP contribution >= 0.6 is 0 Å².